The molecule has 2 N–H and O–H groups in total. The number of hydrogen-bond donors (Lipinski definition) is 2. The van der Waals surface area contributed by atoms with Crippen LogP contribution in [0.5, 0.6) is 5.75 Å². The molecule has 21 heavy (non-hydrogen) atoms. The fraction of sp³-hybridized carbons (Fsp3) is 0.188. The Labute approximate surface area is 135 Å². The molecule has 2 aromatic carbocycles. The molecule has 2 aromatic rings. The van der Waals surface area contributed by atoms with Gasteiger partial charge in [-0.05, 0) is 55.0 Å². The number of hydrogen-bond acceptors (Lipinski definition) is 2. The topological polar surface area (TPSA) is 33.3 Å². The summed E-state index contributed by atoms with van der Waals surface area (Å²) in [5.74, 6) is 0.838. The summed E-state index contributed by atoms with van der Waals surface area (Å²) in [7, 11) is 1.65. The largest absolute Gasteiger partial charge is 0.497 e. The van der Waals surface area contributed by atoms with E-state index in [1.165, 1.54) is 0 Å². The van der Waals surface area contributed by atoms with Crippen molar-refractivity contribution in [3.8, 4) is 5.75 Å². The van der Waals surface area contributed by atoms with E-state index in [2.05, 4.69) is 10.6 Å². The second kappa shape index (κ2) is 7.29. The lowest BCUT2D eigenvalue weighted by molar-refractivity contribution is 0.414. The lowest BCUT2D eigenvalue weighted by Gasteiger charge is -2.17. The monoisotopic (exact) mass is 320 g/mol. The van der Waals surface area contributed by atoms with Crippen molar-refractivity contribution in [2.45, 2.75) is 13.0 Å². The quantitative estimate of drug-likeness (QED) is 0.818. The van der Waals surface area contributed by atoms with Crippen LogP contribution in [-0.2, 0) is 0 Å². The molecule has 0 aromatic heterocycles. The van der Waals surface area contributed by atoms with Crippen LogP contribution < -0.4 is 15.4 Å². The maximum atomic E-state index is 5.94. The summed E-state index contributed by atoms with van der Waals surface area (Å²) in [5, 5.41) is 7.58. The minimum atomic E-state index is 0.0927. The number of rotatable bonds is 4. The van der Waals surface area contributed by atoms with Crippen LogP contribution in [0.25, 0.3) is 0 Å². The summed E-state index contributed by atoms with van der Waals surface area (Å²) in [4.78, 5) is 0. The average molecular weight is 321 g/mol. The predicted molar refractivity (Wildman–Crippen MR) is 92.2 cm³/mol. The van der Waals surface area contributed by atoms with E-state index in [0.29, 0.717) is 10.1 Å². The third-order valence-electron chi connectivity index (χ3n) is 3.05. The first kappa shape index (κ1) is 15.6. The summed E-state index contributed by atoms with van der Waals surface area (Å²) in [6.07, 6.45) is 0. The molecule has 0 aliphatic rings. The minimum Gasteiger partial charge on any atom is -0.497 e. The van der Waals surface area contributed by atoms with Crippen molar-refractivity contribution < 1.29 is 4.74 Å². The predicted octanol–water partition coefficient (Wildman–Crippen LogP) is 4.40. The maximum Gasteiger partial charge on any atom is 0.171 e. The SMILES string of the molecule is COc1ccc(C(C)NC(=S)Nc2cccc(Cl)c2)cc1. The molecule has 0 radical (unpaired) electrons. The highest BCUT2D eigenvalue weighted by molar-refractivity contribution is 7.80. The Bertz CT molecular complexity index is 616. The third-order valence-corrected chi connectivity index (χ3v) is 3.50. The number of thiocarbonyl (C=S) groups is 1. The summed E-state index contributed by atoms with van der Waals surface area (Å²) >= 11 is 11.3. The van der Waals surface area contributed by atoms with Gasteiger partial charge in [0.25, 0.3) is 0 Å². The van der Waals surface area contributed by atoms with Crippen LogP contribution in [-0.4, -0.2) is 12.2 Å². The molecule has 0 heterocycles. The molecule has 0 bridgehead atoms. The van der Waals surface area contributed by atoms with Gasteiger partial charge >= 0.3 is 0 Å². The molecule has 0 spiro atoms. The van der Waals surface area contributed by atoms with Gasteiger partial charge in [-0.3, -0.25) is 0 Å². The molecule has 0 saturated heterocycles. The van der Waals surface area contributed by atoms with Crippen molar-refractivity contribution in [2.75, 3.05) is 12.4 Å². The van der Waals surface area contributed by atoms with Gasteiger partial charge in [-0.25, -0.2) is 0 Å². The number of anilines is 1. The number of benzene rings is 2. The van der Waals surface area contributed by atoms with Gasteiger partial charge in [-0.15, -0.1) is 0 Å². The molecule has 0 aliphatic carbocycles. The van der Waals surface area contributed by atoms with E-state index in [4.69, 9.17) is 28.6 Å². The van der Waals surface area contributed by atoms with Crippen molar-refractivity contribution in [2.24, 2.45) is 0 Å². The number of halogens is 1. The maximum absolute atomic E-state index is 5.94. The van der Waals surface area contributed by atoms with E-state index in [0.717, 1.165) is 17.0 Å². The summed E-state index contributed by atoms with van der Waals surface area (Å²) in [5.41, 5.74) is 1.99. The van der Waals surface area contributed by atoms with E-state index in [1.54, 1.807) is 7.11 Å². The normalized spacial score (nSPS) is 11.6. The zero-order chi connectivity index (χ0) is 15.2. The molecule has 5 heteroatoms. The molecule has 0 aliphatic heterocycles. The van der Waals surface area contributed by atoms with Gasteiger partial charge in [0.05, 0.1) is 13.2 Å². The highest BCUT2D eigenvalue weighted by Crippen LogP contribution is 2.18. The first-order valence-electron chi connectivity index (χ1n) is 6.55. The Morgan fingerprint density at radius 2 is 1.90 bits per heavy atom. The van der Waals surface area contributed by atoms with Crippen LogP contribution in [0.1, 0.15) is 18.5 Å². The molecule has 0 amide bonds. The highest BCUT2D eigenvalue weighted by atomic mass is 35.5. The Kier molecular flexibility index (Phi) is 5.42. The van der Waals surface area contributed by atoms with Gasteiger partial charge in [0.15, 0.2) is 5.11 Å². The molecule has 0 fully saturated rings. The average Bonchev–Trinajstić information content (AvgIpc) is 2.47. The van der Waals surface area contributed by atoms with Gasteiger partial charge in [-0.1, -0.05) is 29.8 Å². The second-order valence-electron chi connectivity index (χ2n) is 4.60. The van der Waals surface area contributed by atoms with Crippen molar-refractivity contribution in [1.82, 2.24) is 5.32 Å². The lowest BCUT2D eigenvalue weighted by atomic mass is 10.1. The zero-order valence-electron chi connectivity index (χ0n) is 11.9. The van der Waals surface area contributed by atoms with Crippen molar-refractivity contribution in [3.63, 3.8) is 0 Å². The Hall–Kier alpha value is -1.78. The molecule has 1 unspecified atom stereocenters. The van der Waals surface area contributed by atoms with Crippen molar-refractivity contribution in [3.05, 3.63) is 59.1 Å². The number of ether oxygens (including phenoxy) is 1. The van der Waals surface area contributed by atoms with E-state index in [-0.39, 0.29) is 6.04 Å². The smallest absolute Gasteiger partial charge is 0.171 e. The van der Waals surface area contributed by atoms with E-state index in [9.17, 15) is 0 Å². The lowest BCUT2D eigenvalue weighted by Crippen LogP contribution is -2.30. The standard InChI is InChI=1S/C16H17ClN2OS/c1-11(12-6-8-15(20-2)9-7-12)18-16(21)19-14-5-3-4-13(17)10-14/h3-11H,1-2H3,(H2,18,19,21). The molecular formula is C16H17ClN2OS. The van der Waals surface area contributed by atoms with Gasteiger partial charge in [0.2, 0.25) is 0 Å². The van der Waals surface area contributed by atoms with Crippen molar-refractivity contribution in [1.29, 1.82) is 0 Å². The fourth-order valence-electron chi connectivity index (χ4n) is 1.91. The van der Waals surface area contributed by atoms with Crippen LogP contribution in [0.3, 0.4) is 0 Å². The first-order valence-corrected chi connectivity index (χ1v) is 7.34. The van der Waals surface area contributed by atoms with Crippen LogP contribution in [0.2, 0.25) is 5.02 Å². The van der Waals surface area contributed by atoms with E-state index < -0.39 is 0 Å². The molecule has 3 nitrogen and oxygen atoms in total. The molecule has 2 rings (SSSR count). The van der Waals surface area contributed by atoms with E-state index >= 15 is 0 Å². The third kappa shape index (κ3) is 4.62. The van der Waals surface area contributed by atoms with Crippen LogP contribution >= 0.6 is 23.8 Å². The van der Waals surface area contributed by atoms with Gasteiger partial charge in [-0.2, -0.15) is 0 Å². The van der Waals surface area contributed by atoms with Crippen LogP contribution in [0.15, 0.2) is 48.5 Å². The highest BCUT2D eigenvalue weighted by Gasteiger charge is 2.07. The van der Waals surface area contributed by atoms with Crippen molar-refractivity contribution >= 4 is 34.6 Å². The molecule has 1 atom stereocenters. The summed E-state index contributed by atoms with van der Waals surface area (Å²) in [6, 6.07) is 15.4. The second-order valence-corrected chi connectivity index (χ2v) is 5.45. The number of methoxy groups -OCH3 is 1. The van der Waals surface area contributed by atoms with Crippen LogP contribution in [0, 0.1) is 0 Å². The summed E-state index contributed by atoms with van der Waals surface area (Å²) in [6.45, 7) is 2.05. The fourth-order valence-corrected chi connectivity index (χ4v) is 2.39. The molecule has 110 valence electrons. The van der Waals surface area contributed by atoms with Gasteiger partial charge in [0, 0.05) is 10.7 Å². The first-order chi connectivity index (χ1) is 10.1. The minimum absolute atomic E-state index is 0.0927. The van der Waals surface area contributed by atoms with Crippen LogP contribution in [0.4, 0.5) is 5.69 Å². The van der Waals surface area contributed by atoms with Gasteiger partial charge in [0.1, 0.15) is 5.75 Å². The molecular weight excluding hydrogens is 304 g/mol. The number of nitrogens with one attached hydrogen (secondary N) is 2. The summed E-state index contributed by atoms with van der Waals surface area (Å²) < 4.78 is 5.15. The molecule has 0 saturated carbocycles. The zero-order valence-corrected chi connectivity index (χ0v) is 13.5. The Balaban J connectivity index is 1.95. The Morgan fingerprint density at radius 3 is 2.52 bits per heavy atom. The van der Waals surface area contributed by atoms with E-state index in [1.807, 2.05) is 55.5 Å². The van der Waals surface area contributed by atoms with Gasteiger partial charge < -0.3 is 15.4 Å². The Morgan fingerprint density at radius 1 is 1.19 bits per heavy atom.